The SMILES string of the molecule is Cc1ccc2nc(N(/N=C/c3coc4ccccc4c3=O)C(=O)c3cccc(Br)c3)sc2c1. The number of amides is 1. The Hall–Kier alpha value is -3.62. The molecule has 0 atom stereocenters. The number of hydrazone groups is 1. The number of aryl methyl sites for hydroxylation is 1. The Kier molecular flexibility index (Phi) is 5.62. The van der Waals surface area contributed by atoms with Crippen LogP contribution in [0.4, 0.5) is 5.13 Å². The van der Waals surface area contributed by atoms with E-state index < -0.39 is 0 Å². The summed E-state index contributed by atoms with van der Waals surface area (Å²) in [5.74, 6) is -0.367. The monoisotopic (exact) mass is 517 g/mol. The summed E-state index contributed by atoms with van der Waals surface area (Å²) in [6.07, 6.45) is 2.68. The number of benzene rings is 3. The fourth-order valence-corrected chi connectivity index (χ4v) is 4.76. The maximum Gasteiger partial charge on any atom is 0.280 e. The average molecular weight is 518 g/mol. The van der Waals surface area contributed by atoms with Gasteiger partial charge in [-0.25, -0.2) is 4.98 Å². The van der Waals surface area contributed by atoms with Crippen LogP contribution < -0.4 is 10.4 Å². The lowest BCUT2D eigenvalue weighted by Crippen LogP contribution is -2.26. The molecule has 162 valence electrons. The minimum absolute atomic E-state index is 0.227. The third-order valence-corrected chi connectivity index (χ3v) is 6.48. The van der Waals surface area contributed by atoms with Crippen LogP contribution in [0.25, 0.3) is 21.2 Å². The van der Waals surface area contributed by atoms with Crippen LogP contribution in [0.15, 0.2) is 91.8 Å². The van der Waals surface area contributed by atoms with Gasteiger partial charge in [-0.3, -0.25) is 9.59 Å². The van der Waals surface area contributed by atoms with Crippen molar-refractivity contribution >= 4 is 65.7 Å². The number of carbonyl (C=O) groups excluding carboxylic acids is 1. The molecule has 0 N–H and O–H groups in total. The second-order valence-electron chi connectivity index (χ2n) is 7.36. The average Bonchev–Trinajstić information content (AvgIpc) is 3.23. The number of fused-ring (bicyclic) bond motifs is 2. The van der Waals surface area contributed by atoms with E-state index in [1.54, 1.807) is 42.5 Å². The fourth-order valence-electron chi connectivity index (χ4n) is 3.34. The fraction of sp³-hybridized carbons (Fsp3) is 0.0400. The van der Waals surface area contributed by atoms with Gasteiger partial charge in [0.05, 0.1) is 27.4 Å². The molecule has 6 nitrogen and oxygen atoms in total. The Morgan fingerprint density at radius 1 is 1.12 bits per heavy atom. The van der Waals surface area contributed by atoms with Gasteiger partial charge < -0.3 is 4.42 Å². The topological polar surface area (TPSA) is 75.8 Å². The first-order valence-electron chi connectivity index (χ1n) is 10.0. The van der Waals surface area contributed by atoms with E-state index >= 15 is 0 Å². The van der Waals surface area contributed by atoms with Crippen molar-refractivity contribution in [2.75, 3.05) is 5.01 Å². The van der Waals surface area contributed by atoms with Crippen LogP contribution in [0, 0.1) is 6.92 Å². The van der Waals surface area contributed by atoms with Crippen LogP contribution in [-0.2, 0) is 0 Å². The first-order chi connectivity index (χ1) is 16.0. The van der Waals surface area contributed by atoms with E-state index in [0.29, 0.717) is 21.7 Å². The number of nitrogens with zero attached hydrogens (tertiary/aromatic N) is 3. The van der Waals surface area contributed by atoms with Crippen LogP contribution in [0.3, 0.4) is 0 Å². The lowest BCUT2D eigenvalue weighted by atomic mass is 10.2. The van der Waals surface area contributed by atoms with E-state index in [0.717, 1.165) is 20.3 Å². The number of aromatic nitrogens is 1. The molecule has 0 saturated heterocycles. The molecule has 2 heterocycles. The minimum Gasteiger partial charge on any atom is -0.463 e. The molecule has 0 aliphatic rings. The van der Waals surface area contributed by atoms with Crippen molar-refractivity contribution in [2.45, 2.75) is 6.92 Å². The molecule has 0 fully saturated rings. The normalized spacial score (nSPS) is 11.5. The zero-order chi connectivity index (χ0) is 22.9. The molecule has 33 heavy (non-hydrogen) atoms. The van der Waals surface area contributed by atoms with Crippen LogP contribution in [-0.4, -0.2) is 17.1 Å². The van der Waals surface area contributed by atoms with Crippen molar-refractivity contribution < 1.29 is 9.21 Å². The molecule has 0 saturated carbocycles. The van der Waals surface area contributed by atoms with E-state index in [1.165, 1.54) is 28.8 Å². The number of hydrogen-bond acceptors (Lipinski definition) is 6. The second-order valence-corrected chi connectivity index (χ2v) is 9.28. The number of rotatable bonds is 4. The van der Waals surface area contributed by atoms with Crippen molar-refractivity contribution in [3.05, 3.63) is 104 Å². The van der Waals surface area contributed by atoms with Crippen molar-refractivity contribution in [1.29, 1.82) is 0 Å². The highest BCUT2D eigenvalue weighted by atomic mass is 79.9. The molecular weight excluding hydrogens is 502 g/mol. The summed E-state index contributed by atoms with van der Waals surface area (Å²) in [5, 5.41) is 6.46. The lowest BCUT2D eigenvalue weighted by molar-refractivity contribution is 0.0988. The summed E-state index contributed by atoms with van der Waals surface area (Å²) in [6, 6.07) is 19.9. The summed E-state index contributed by atoms with van der Waals surface area (Å²) < 4.78 is 7.28. The maximum absolute atomic E-state index is 13.4. The Morgan fingerprint density at radius 2 is 1.97 bits per heavy atom. The predicted octanol–water partition coefficient (Wildman–Crippen LogP) is 6.15. The third kappa shape index (κ3) is 4.22. The molecule has 0 bridgehead atoms. The number of thiazole rings is 1. The maximum atomic E-state index is 13.4. The third-order valence-electron chi connectivity index (χ3n) is 5.00. The van der Waals surface area contributed by atoms with E-state index in [1.807, 2.05) is 31.2 Å². The van der Waals surface area contributed by atoms with Crippen LogP contribution >= 0.6 is 27.3 Å². The van der Waals surface area contributed by atoms with Gasteiger partial charge in [0.2, 0.25) is 10.6 Å². The number of halogens is 1. The van der Waals surface area contributed by atoms with Gasteiger partial charge >= 0.3 is 0 Å². The molecule has 0 aliphatic carbocycles. The Balaban J connectivity index is 1.61. The van der Waals surface area contributed by atoms with Crippen molar-refractivity contribution in [3.8, 4) is 0 Å². The molecule has 3 aromatic carbocycles. The first-order valence-corrected chi connectivity index (χ1v) is 11.6. The predicted molar refractivity (Wildman–Crippen MR) is 135 cm³/mol. The number of carbonyl (C=O) groups is 1. The smallest absolute Gasteiger partial charge is 0.280 e. The molecule has 5 rings (SSSR count). The molecule has 1 amide bonds. The van der Waals surface area contributed by atoms with E-state index in [4.69, 9.17) is 4.42 Å². The zero-order valence-corrected chi connectivity index (χ0v) is 19.8. The first kappa shape index (κ1) is 21.2. The van der Waals surface area contributed by atoms with E-state index in [2.05, 4.69) is 26.0 Å². The highest BCUT2D eigenvalue weighted by molar-refractivity contribution is 9.10. The molecular formula is C25H16BrN3O3S. The molecule has 0 radical (unpaired) electrons. The summed E-state index contributed by atoms with van der Waals surface area (Å²) in [4.78, 5) is 30.9. The van der Waals surface area contributed by atoms with Gasteiger partial charge in [0.25, 0.3) is 5.91 Å². The molecule has 5 aromatic rings. The molecule has 0 spiro atoms. The van der Waals surface area contributed by atoms with Crippen LogP contribution in [0.2, 0.25) is 0 Å². The van der Waals surface area contributed by atoms with Crippen LogP contribution in [0.5, 0.6) is 0 Å². The standard InChI is InChI=1S/C25H16BrN3O3S/c1-15-9-10-20-22(11-15)33-25(28-20)29(24(31)16-5-4-6-18(26)12-16)27-13-17-14-32-21-8-3-2-7-19(21)23(17)30/h2-14H,1H3/b27-13+. The second kappa shape index (κ2) is 8.73. The van der Waals surface area contributed by atoms with E-state index in [9.17, 15) is 9.59 Å². The molecule has 0 aliphatic heterocycles. The number of hydrogen-bond donors (Lipinski definition) is 0. The van der Waals surface area contributed by atoms with Gasteiger partial charge in [0.1, 0.15) is 11.8 Å². The molecule has 0 unspecified atom stereocenters. The minimum atomic E-state index is -0.367. The summed E-state index contributed by atoms with van der Waals surface area (Å²) in [7, 11) is 0. The van der Waals surface area contributed by atoms with Crippen LogP contribution in [0.1, 0.15) is 21.5 Å². The Bertz CT molecular complexity index is 1610. The van der Waals surface area contributed by atoms with Gasteiger partial charge in [-0.1, -0.05) is 51.5 Å². The highest BCUT2D eigenvalue weighted by Gasteiger charge is 2.21. The van der Waals surface area contributed by atoms with Gasteiger partial charge in [-0.2, -0.15) is 10.1 Å². The van der Waals surface area contributed by atoms with Crippen molar-refractivity contribution in [3.63, 3.8) is 0 Å². The summed E-state index contributed by atoms with van der Waals surface area (Å²) >= 11 is 4.76. The van der Waals surface area contributed by atoms with Gasteiger partial charge in [0.15, 0.2) is 0 Å². The van der Waals surface area contributed by atoms with Gasteiger partial charge in [-0.15, -0.1) is 0 Å². The molecule has 2 aromatic heterocycles. The largest absolute Gasteiger partial charge is 0.463 e. The summed E-state index contributed by atoms with van der Waals surface area (Å²) in [5.41, 5.74) is 2.80. The van der Waals surface area contributed by atoms with Crippen molar-refractivity contribution in [2.24, 2.45) is 5.10 Å². The number of anilines is 1. The quantitative estimate of drug-likeness (QED) is 0.211. The van der Waals surface area contributed by atoms with Crippen molar-refractivity contribution in [1.82, 2.24) is 4.98 Å². The van der Waals surface area contributed by atoms with Gasteiger partial charge in [0, 0.05) is 10.0 Å². The summed E-state index contributed by atoms with van der Waals surface area (Å²) in [6.45, 7) is 2.00. The molecule has 8 heteroatoms. The van der Waals surface area contributed by atoms with Gasteiger partial charge in [-0.05, 0) is 55.0 Å². The van der Waals surface area contributed by atoms with E-state index in [-0.39, 0.29) is 16.9 Å². The Labute approximate surface area is 200 Å². The zero-order valence-electron chi connectivity index (χ0n) is 17.4. The Morgan fingerprint density at radius 3 is 2.82 bits per heavy atom. The highest BCUT2D eigenvalue weighted by Crippen LogP contribution is 2.31. The number of para-hydroxylation sites is 1. The lowest BCUT2D eigenvalue weighted by Gasteiger charge is -2.14.